The number of hydrogen-bond acceptors (Lipinski definition) is 6. The Morgan fingerprint density at radius 3 is 2.96 bits per heavy atom. The Morgan fingerprint density at radius 2 is 2.07 bits per heavy atom. The highest BCUT2D eigenvalue weighted by atomic mass is 32.1. The van der Waals surface area contributed by atoms with Crippen LogP contribution in [0.3, 0.4) is 0 Å². The first-order valence-electron chi connectivity index (χ1n) is 8.62. The summed E-state index contributed by atoms with van der Waals surface area (Å²) in [5, 5.41) is 5.04. The molecule has 0 atom stereocenters. The van der Waals surface area contributed by atoms with E-state index in [1.54, 1.807) is 41.7 Å². The van der Waals surface area contributed by atoms with E-state index < -0.39 is 0 Å². The van der Waals surface area contributed by atoms with Crippen LogP contribution in [-0.4, -0.2) is 37.7 Å². The van der Waals surface area contributed by atoms with Gasteiger partial charge in [-0.2, -0.15) is 5.10 Å². The lowest BCUT2D eigenvalue weighted by Gasteiger charge is -2.14. The van der Waals surface area contributed by atoms with E-state index in [1.165, 1.54) is 10.6 Å². The molecule has 0 N–H and O–H groups in total. The van der Waals surface area contributed by atoms with Crippen LogP contribution in [0, 0.1) is 0 Å². The van der Waals surface area contributed by atoms with Crippen LogP contribution in [0.15, 0.2) is 36.8 Å². The summed E-state index contributed by atoms with van der Waals surface area (Å²) in [5.74, 6) is -0.140. The van der Waals surface area contributed by atoms with Crippen molar-refractivity contribution in [3.8, 4) is 11.3 Å². The number of benzene rings is 1. The van der Waals surface area contributed by atoms with Gasteiger partial charge in [-0.15, -0.1) is 11.3 Å². The van der Waals surface area contributed by atoms with Gasteiger partial charge in [0.25, 0.3) is 5.91 Å². The predicted molar refractivity (Wildman–Crippen MR) is 104 cm³/mol. The monoisotopic (exact) mass is 376 g/mol. The highest BCUT2D eigenvalue weighted by molar-refractivity contribution is 7.16. The largest absolute Gasteiger partial charge is 0.287 e. The number of para-hydroxylation sites is 1. The highest BCUT2D eigenvalue weighted by Crippen LogP contribution is 2.39. The van der Waals surface area contributed by atoms with Crippen LogP contribution in [0.25, 0.3) is 22.3 Å². The van der Waals surface area contributed by atoms with Crippen LogP contribution < -0.4 is 4.90 Å². The third-order valence-corrected chi connectivity index (χ3v) is 6.10. The fourth-order valence-electron chi connectivity index (χ4n) is 3.48. The smallest absolute Gasteiger partial charge is 0.262 e. The molecule has 5 rings (SSSR count). The Morgan fingerprint density at radius 1 is 1.22 bits per heavy atom. The number of rotatable bonds is 2. The van der Waals surface area contributed by atoms with Gasteiger partial charge in [0.1, 0.15) is 5.52 Å². The lowest BCUT2D eigenvalue weighted by atomic mass is 10.0. The number of carbonyl (C=O) groups is 1. The van der Waals surface area contributed by atoms with Crippen LogP contribution in [-0.2, 0) is 19.9 Å². The van der Waals surface area contributed by atoms with E-state index in [2.05, 4.69) is 15.1 Å². The zero-order chi connectivity index (χ0) is 18.5. The summed E-state index contributed by atoms with van der Waals surface area (Å²) in [6.45, 7) is 0. The molecule has 0 bridgehead atoms. The normalized spacial score (nSPS) is 12.7. The molecule has 1 aliphatic carbocycles. The summed E-state index contributed by atoms with van der Waals surface area (Å²) in [6.07, 6.45) is 6.95. The lowest BCUT2D eigenvalue weighted by Crippen LogP contribution is -2.26. The van der Waals surface area contributed by atoms with Crippen molar-refractivity contribution < 1.29 is 4.79 Å². The number of anilines is 1. The first kappa shape index (κ1) is 16.1. The first-order chi connectivity index (χ1) is 13.1. The van der Waals surface area contributed by atoms with Crippen LogP contribution >= 0.6 is 11.3 Å². The van der Waals surface area contributed by atoms with Gasteiger partial charge < -0.3 is 0 Å². The van der Waals surface area contributed by atoms with Gasteiger partial charge in [0.05, 0.1) is 23.0 Å². The van der Waals surface area contributed by atoms with Crippen molar-refractivity contribution in [1.29, 1.82) is 0 Å². The molecule has 134 valence electrons. The van der Waals surface area contributed by atoms with Crippen LogP contribution in [0.5, 0.6) is 0 Å². The summed E-state index contributed by atoms with van der Waals surface area (Å²) in [7, 11) is 3.71. The quantitative estimate of drug-likeness (QED) is 0.538. The molecule has 0 radical (unpaired) electrons. The van der Waals surface area contributed by atoms with Crippen LogP contribution in [0.2, 0.25) is 0 Å². The molecule has 0 unspecified atom stereocenters. The molecule has 1 aromatic carbocycles. The standard InChI is InChI=1S/C19H16N6OS/c1-24(18(26)11-4-3-5-13-16(11)21-9-8-20-13)19-23-17-12-10-22-25(2)14(12)6-7-15(17)27-19/h3-5,8-10H,6-7H2,1-2H3. The van der Waals surface area contributed by atoms with Crippen molar-refractivity contribution in [1.82, 2.24) is 24.7 Å². The first-order valence-corrected chi connectivity index (χ1v) is 9.44. The molecule has 1 amide bonds. The average Bonchev–Trinajstić information content (AvgIpc) is 3.30. The minimum absolute atomic E-state index is 0.140. The van der Waals surface area contributed by atoms with E-state index in [-0.39, 0.29) is 5.91 Å². The molecule has 0 spiro atoms. The van der Waals surface area contributed by atoms with Crippen molar-refractivity contribution in [2.75, 3.05) is 11.9 Å². The molecule has 3 aromatic heterocycles. The van der Waals surface area contributed by atoms with Gasteiger partial charge in [-0.25, -0.2) is 4.98 Å². The number of amides is 1. The maximum absolute atomic E-state index is 13.1. The second-order valence-electron chi connectivity index (χ2n) is 6.49. The predicted octanol–water partition coefficient (Wildman–Crippen LogP) is 2.86. The number of fused-ring (bicyclic) bond motifs is 4. The van der Waals surface area contributed by atoms with Gasteiger partial charge in [-0.3, -0.25) is 24.3 Å². The molecule has 27 heavy (non-hydrogen) atoms. The molecular weight excluding hydrogens is 360 g/mol. The SMILES string of the molecule is CN(C(=O)c1cccc2nccnc12)c1nc2c(s1)CCc1c-2cnn1C. The van der Waals surface area contributed by atoms with Crippen molar-refractivity contribution in [3.63, 3.8) is 0 Å². The fraction of sp³-hybridized carbons (Fsp3) is 0.211. The summed E-state index contributed by atoms with van der Waals surface area (Å²) in [6, 6.07) is 5.46. The Kier molecular flexibility index (Phi) is 3.54. The average molecular weight is 376 g/mol. The van der Waals surface area contributed by atoms with Crippen molar-refractivity contribution in [2.24, 2.45) is 7.05 Å². The number of aromatic nitrogens is 5. The molecule has 0 aliphatic heterocycles. The highest BCUT2D eigenvalue weighted by Gasteiger charge is 2.27. The van der Waals surface area contributed by atoms with Gasteiger partial charge in [0, 0.05) is 42.6 Å². The second kappa shape index (κ2) is 5.95. The maximum atomic E-state index is 13.1. The minimum atomic E-state index is -0.140. The maximum Gasteiger partial charge on any atom is 0.262 e. The molecule has 8 heteroatoms. The van der Waals surface area contributed by atoms with Gasteiger partial charge in [0.15, 0.2) is 5.13 Å². The molecule has 0 saturated heterocycles. The van der Waals surface area contributed by atoms with Gasteiger partial charge >= 0.3 is 0 Å². The Labute approximate surface area is 159 Å². The van der Waals surface area contributed by atoms with E-state index in [1.807, 2.05) is 30.1 Å². The zero-order valence-corrected chi connectivity index (χ0v) is 15.7. The van der Waals surface area contributed by atoms with E-state index >= 15 is 0 Å². The fourth-order valence-corrected chi connectivity index (χ4v) is 4.52. The lowest BCUT2D eigenvalue weighted by molar-refractivity contribution is 0.0994. The third-order valence-electron chi connectivity index (χ3n) is 4.91. The van der Waals surface area contributed by atoms with Crippen LogP contribution in [0.1, 0.15) is 20.9 Å². The summed E-state index contributed by atoms with van der Waals surface area (Å²) < 4.78 is 1.90. The Hall–Kier alpha value is -3.13. The number of thiazole rings is 1. The number of aryl methyl sites for hydroxylation is 2. The van der Waals surface area contributed by atoms with Gasteiger partial charge in [-0.05, 0) is 25.0 Å². The molecular formula is C19H16N6OS. The number of nitrogens with zero attached hydrogens (tertiary/aromatic N) is 6. The number of hydrogen-bond donors (Lipinski definition) is 0. The van der Waals surface area contributed by atoms with Crippen molar-refractivity contribution in [2.45, 2.75) is 12.8 Å². The molecule has 7 nitrogen and oxygen atoms in total. The van der Waals surface area contributed by atoms with Gasteiger partial charge in [0.2, 0.25) is 0 Å². The second-order valence-corrected chi connectivity index (χ2v) is 7.55. The molecule has 3 heterocycles. The van der Waals surface area contributed by atoms with Crippen LogP contribution in [0.4, 0.5) is 5.13 Å². The van der Waals surface area contributed by atoms with Crippen molar-refractivity contribution in [3.05, 3.63) is 52.9 Å². The van der Waals surface area contributed by atoms with E-state index in [4.69, 9.17) is 4.98 Å². The summed E-state index contributed by atoms with van der Waals surface area (Å²) in [4.78, 5) is 29.3. The topological polar surface area (TPSA) is 76.8 Å². The minimum Gasteiger partial charge on any atom is -0.287 e. The molecule has 4 aromatic rings. The van der Waals surface area contributed by atoms with E-state index in [0.29, 0.717) is 21.7 Å². The molecule has 0 saturated carbocycles. The Bertz CT molecular complexity index is 1190. The third kappa shape index (κ3) is 2.44. The van der Waals surface area contributed by atoms with Crippen molar-refractivity contribution >= 4 is 33.4 Å². The number of carbonyl (C=O) groups excluding carboxylic acids is 1. The zero-order valence-electron chi connectivity index (χ0n) is 14.9. The summed E-state index contributed by atoms with van der Waals surface area (Å²) in [5.41, 5.74) is 5.04. The molecule has 1 aliphatic rings. The molecule has 0 fully saturated rings. The Balaban J connectivity index is 1.54. The van der Waals surface area contributed by atoms with E-state index in [9.17, 15) is 4.79 Å². The van der Waals surface area contributed by atoms with Gasteiger partial charge in [-0.1, -0.05) is 6.07 Å². The van der Waals surface area contributed by atoms with E-state index in [0.717, 1.165) is 24.1 Å². The summed E-state index contributed by atoms with van der Waals surface area (Å²) >= 11 is 1.57.